The monoisotopic (exact) mass is 246 g/mol. The van der Waals surface area contributed by atoms with Crippen LogP contribution in [-0.2, 0) is 18.9 Å². The van der Waals surface area contributed by atoms with Gasteiger partial charge in [-0.3, -0.25) is 0 Å². The molecule has 0 saturated carbocycles. The SMILES string of the molecule is CC1COCC(C)(C)CCOCCOCCO1. The molecule has 1 unspecified atom stereocenters. The van der Waals surface area contributed by atoms with Crippen LogP contribution in [-0.4, -0.2) is 52.4 Å². The second kappa shape index (κ2) is 8.03. The molecular weight excluding hydrogens is 220 g/mol. The van der Waals surface area contributed by atoms with Gasteiger partial charge >= 0.3 is 0 Å². The molecule has 0 aromatic carbocycles. The highest BCUT2D eigenvalue weighted by molar-refractivity contribution is 4.67. The minimum Gasteiger partial charge on any atom is -0.379 e. The highest BCUT2D eigenvalue weighted by atomic mass is 16.6. The molecule has 1 atom stereocenters. The topological polar surface area (TPSA) is 36.9 Å². The normalized spacial score (nSPS) is 29.5. The molecule has 0 amide bonds. The highest BCUT2D eigenvalue weighted by Gasteiger charge is 2.18. The van der Waals surface area contributed by atoms with Crippen molar-refractivity contribution in [3.8, 4) is 0 Å². The van der Waals surface area contributed by atoms with Crippen LogP contribution >= 0.6 is 0 Å². The van der Waals surface area contributed by atoms with Gasteiger partial charge in [0.15, 0.2) is 0 Å². The van der Waals surface area contributed by atoms with Crippen LogP contribution in [0.5, 0.6) is 0 Å². The van der Waals surface area contributed by atoms with Crippen LogP contribution in [0.2, 0.25) is 0 Å². The van der Waals surface area contributed by atoms with Crippen molar-refractivity contribution >= 4 is 0 Å². The molecule has 0 N–H and O–H groups in total. The fourth-order valence-electron chi connectivity index (χ4n) is 1.60. The Balaban J connectivity index is 2.31. The molecule has 0 aromatic heterocycles. The maximum Gasteiger partial charge on any atom is 0.0781 e. The molecule has 1 saturated heterocycles. The van der Waals surface area contributed by atoms with Gasteiger partial charge in [0.1, 0.15) is 0 Å². The molecule has 1 rings (SSSR count). The summed E-state index contributed by atoms with van der Waals surface area (Å²) in [5.74, 6) is 0. The van der Waals surface area contributed by atoms with E-state index >= 15 is 0 Å². The molecule has 1 aliphatic heterocycles. The summed E-state index contributed by atoms with van der Waals surface area (Å²) in [5, 5.41) is 0. The van der Waals surface area contributed by atoms with Crippen molar-refractivity contribution in [3.63, 3.8) is 0 Å². The zero-order valence-corrected chi connectivity index (χ0v) is 11.4. The molecule has 0 spiro atoms. The van der Waals surface area contributed by atoms with E-state index in [9.17, 15) is 0 Å². The van der Waals surface area contributed by atoms with Crippen molar-refractivity contribution in [2.45, 2.75) is 33.3 Å². The van der Waals surface area contributed by atoms with Crippen molar-refractivity contribution in [1.82, 2.24) is 0 Å². The van der Waals surface area contributed by atoms with Crippen LogP contribution in [0.15, 0.2) is 0 Å². The zero-order valence-electron chi connectivity index (χ0n) is 11.4. The van der Waals surface area contributed by atoms with E-state index in [4.69, 9.17) is 18.9 Å². The second-order valence-electron chi connectivity index (χ2n) is 5.34. The fraction of sp³-hybridized carbons (Fsp3) is 1.00. The second-order valence-corrected chi connectivity index (χ2v) is 5.34. The third-order valence-corrected chi connectivity index (χ3v) is 2.77. The quantitative estimate of drug-likeness (QED) is 0.654. The average Bonchev–Trinajstić information content (AvgIpc) is 2.25. The van der Waals surface area contributed by atoms with Gasteiger partial charge in [0.2, 0.25) is 0 Å². The summed E-state index contributed by atoms with van der Waals surface area (Å²) in [5.41, 5.74) is 0.157. The van der Waals surface area contributed by atoms with Gasteiger partial charge in [-0.25, -0.2) is 0 Å². The van der Waals surface area contributed by atoms with Gasteiger partial charge in [0.25, 0.3) is 0 Å². The van der Waals surface area contributed by atoms with Gasteiger partial charge in [0.05, 0.1) is 45.7 Å². The first kappa shape index (κ1) is 14.9. The van der Waals surface area contributed by atoms with E-state index in [1.807, 2.05) is 6.92 Å². The lowest BCUT2D eigenvalue weighted by atomic mass is 9.91. The summed E-state index contributed by atoms with van der Waals surface area (Å²) in [6, 6.07) is 0. The van der Waals surface area contributed by atoms with Crippen LogP contribution in [0.25, 0.3) is 0 Å². The Hall–Kier alpha value is -0.160. The Kier molecular flexibility index (Phi) is 7.04. The number of rotatable bonds is 0. The minimum atomic E-state index is 0.133. The van der Waals surface area contributed by atoms with Crippen LogP contribution in [0.1, 0.15) is 27.2 Å². The van der Waals surface area contributed by atoms with Crippen LogP contribution < -0.4 is 0 Å². The van der Waals surface area contributed by atoms with Crippen molar-refractivity contribution in [3.05, 3.63) is 0 Å². The van der Waals surface area contributed by atoms with Gasteiger partial charge in [-0.05, 0) is 18.8 Å². The van der Waals surface area contributed by atoms with E-state index in [1.165, 1.54) is 0 Å². The Morgan fingerprint density at radius 3 is 2.29 bits per heavy atom. The van der Waals surface area contributed by atoms with Crippen LogP contribution in [0.3, 0.4) is 0 Å². The maximum absolute atomic E-state index is 5.68. The molecule has 17 heavy (non-hydrogen) atoms. The number of hydrogen-bond acceptors (Lipinski definition) is 4. The van der Waals surface area contributed by atoms with Crippen molar-refractivity contribution in [2.75, 3.05) is 46.2 Å². The Bertz CT molecular complexity index is 194. The van der Waals surface area contributed by atoms with Gasteiger partial charge < -0.3 is 18.9 Å². The van der Waals surface area contributed by atoms with Crippen molar-refractivity contribution in [2.24, 2.45) is 5.41 Å². The van der Waals surface area contributed by atoms with E-state index in [2.05, 4.69) is 13.8 Å². The van der Waals surface area contributed by atoms with Gasteiger partial charge in [0, 0.05) is 6.61 Å². The Morgan fingerprint density at radius 1 is 0.882 bits per heavy atom. The number of ether oxygens (including phenoxy) is 4. The Morgan fingerprint density at radius 2 is 1.53 bits per heavy atom. The summed E-state index contributed by atoms with van der Waals surface area (Å²) in [4.78, 5) is 0. The maximum atomic E-state index is 5.68. The van der Waals surface area contributed by atoms with Gasteiger partial charge in [-0.2, -0.15) is 0 Å². The molecule has 102 valence electrons. The number of hydrogen-bond donors (Lipinski definition) is 0. The molecule has 1 heterocycles. The lowest BCUT2D eigenvalue weighted by Crippen LogP contribution is -2.26. The predicted octanol–water partition coefficient (Wildman–Crippen LogP) is 1.87. The third-order valence-electron chi connectivity index (χ3n) is 2.77. The van der Waals surface area contributed by atoms with Gasteiger partial charge in [-0.1, -0.05) is 13.8 Å². The lowest BCUT2D eigenvalue weighted by Gasteiger charge is -2.25. The lowest BCUT2D eigenvalue weighted by molar-refractivity contribution is -0.0592. The third kappa shape index (κ3) is 7.71. The summed E-state index contributed by atoms with van der Waals surface area (Å²) >= 11 is 0. The Labute approximate surface area is 105 Å². The molecular formula is C13H26O4. The summed E-state index contributed by atoms with van der Waals surface area (Å²) in [6.07, 6.45) is 1.14. The van der Waals surface area contributed by atoms with Crippen LogP contribution in [0, 0.1) is 5.41 Å². The van der Waals surface area contributed by atoms with Crippen molar-refractivity contribution < 1.29 is 18.9 Å². The molecule has 0 radical (unpaired) electrons. The summed E-state index contributed by atoms with van der Waals surface area (Å²) in [6.45, 7) is 11.1. The first-order chi connectivity index (χ1) is 8.10. The summed E-state index contributed by atoms with van der Waals surface area (Å²) < 4.78 is 22.2. The largest absolute Gasteiger partial charge is 0.379 e. The standard InChI is InChI=1S/C13H26O4/c1-12-10-16-11-13(2,3)4-5-14-6-7-15-8-9-17-12/h12H,4-11H2,1-3H3. The van der Waals surface area contributed by atoms with Gasteiger partial charge in [-0.15, -0.1) is 0 Å². The molecule has 1 aliphatic rings. The predicted molar refractivity (Wildman–Crippen MR) is 66.3 cm³/mol. The van der Waals surface area contributed by atoms with E-state index in [0.29, 0.717) is 33.0 Å². The minimum absolute atomic E-state index is 0.133. The van der Waals surface area contributed by atoms with Crippen molar-refractivity contribution in [1.29, 1.82) is 0 Å². The zero-order chi connectivity index (χ0) is 12.6. The molecule has 0 aromatic rings. The van der Waals surface area contributed by atoms with E-state index < -0.39 is 0 Å². The fourth-order valence-corrected chi connectivity index (χ4v) is 1.60. The summed E-state index contributed by atoms with van der Waals surface area (Å²) in [7, 11) is 0. The molecule has 0 aliphatic carbocycles. The molecule has 1 fully saturated rings. The van der Waals surface area contributed by atoms with E-state index in [0.717, 1.165) is 19.6 Å². The first-order valence-corrected chi connectivity index (χ1v) is 6.45. The molecule has 4 nitrogen and oxygen atoms in total. The first-order valence-electron chi connectivity index (χ1n) is 6.45. The molecule has 4 heteroatoms. The highest BCUT2D eigenvalue weighted by Crippen LogP contribution is 2.20. The smallest absolute Gasteiger partial charge is 0.0781 e. The van der Waals surface area contributed by atoms with Crippen LogP contribution in [0.4, 0.5) is 0 Å². The van der Waals surface area contributed by atoms with E-state index in [-0.39, 0.29) is 11.5 Å². The van der Waals surface area contributed by atoms with E-state index in [1.54, 1.807) is 0 Å². The average molecular weight is 246 g/mol. The molecule has 0 bridgehead atoms.